The third-order valence-corrected chi connectivity index (χ3v) is 5.52. The minimum absolute atomic E-state index is 0.116. The highest BCUT2D eigenvalue weighted by atomic mass is 16.4. The van der Waals surface area contributed by atoms with E-state index in [1.165, 1.54) is 11.1 Å². The maximum Gasteiger partial charge on any atom is 0.335 e. The fourth-order valence-corrected chi connectivity index (χ4v) is 4.03. The highest BCUT2D eigenvalue weighted by Gasteiger charge is 2.29. The summed E-state index contributed by atoms with van der Waals surface area (Å²) in [5.41, 5.74) is 3.79. The number of rotatable bonds is 4. The number of benzene rings is 2. The quantitative estimate of drug-likeness (QED) is 0.832. The van der Waals surface area contributed by atoms with Crippen molar-refractivity contribution in [1.82, 2.24) is 4.90 Å². The Kier molecular flexibility index (Phi) is 5.68. The van der Waals surface area contributed by atoms with Crippen LogP contribution >= 0.6 is 0 Å². The van der Waals surface area contributed by atoms with Gasteiger partial charge in [-0.15, -0.1) is 0 Å². The molecule has 0 saturated carbocycles. The minimum Gasteiger partial charge on any atom is -0.478 e. The van der Waals surface area contributed by atoms with Gasteiger partial charge in [0.25, 0.3) is 0 Å². The van der Waals surface area contributed by atoms with Crippen molar-refractivity contribution < 1.29 is 15.0 Å². The van der Waals surface area contributed by atoms with E-state index in [1.807, 2.05) is 4.90 Å². The summed E-state index contributed by atoms with van der Waals surface area (Å²) in [6.07, 6.45) is 1.22. The predicted molar refractivity (Wildman–Crippen MR) is 107 cm³/mol. The Morgan fingerprint density at radius 3 is 2.37 bits per heavy atom. The molecule has 1 saturated heterocycles. The van der Waals surface area contributed by atoms with Crippen molar-refractivity contribution in [3.63, 3.8) is 0 Å². The van der Waals surface area contributed by atoms with Crippen LogP contribution < -0.4 is 0 Å². The van der Waals surface area contributed by atoms with Gasteiger partial charge in [-0.3, -0.25) is 4.90 Å². The van der Waals surface area contributed by atoms with Gasteiger partial charge in [0.2, 0.25) is 0 Å². The van der Waals surface area contributed by atoms with Crippen molar-refractivity contribution in [3.8, 4) is 0 Å². The highest BCUT2D eigenvalue weighted by molar-refractivity contribution is 5.87. The molecule has 0 bridgehead atoms. The number of piperidine rings is 1. The second-order valence-electron chi connectivity index (χ2n) is 8.45. The van der Waals surface area contributed by atoms with E-state index in [0.717, 1.165) is 25.9 Å². The van der Waals surface area contributed by atoms with E-state index in [2.05, 4.69) is 45.0 Å². The molecule has 2 aromatic carbocycles. The first-order chi connectivity index (χ1) is 12.8. The van der Waals surface area contributed by atoms with Crippen LogP contribution in [0.3, 0.4) is 0 Å². The summed E-state index contributed by atoms with van der Waals surface area (Å²) in [5.74, 6) is -0.476. The lowest BCUT2D eigenvalue weighted by molar-refractivity contribution is -0.0133. The molecule has 4 nitrogen and oxygen atoms in total. The van der Waals surface area contributed by atoms with Crippen molar-refractivity contribution in [2.75, 3.05) is 13.1 Å². The number of hydrogen-bond acceptors (Lipinski definition) is 3. The van der Waals surface area contributed by atoms with Gasteiger partial charge in [-0.05, 0) is 53.0 Å². The topological polar surface area (TPSA) is 60.8 Å². The number of nitrogens with zero attached hydrogens (tertiary/aromatic N) is 1. The molecule has 2 N–H and O–H groups in total. The lowest BCUT2D eigenvalue weighted by Crippen LogP contribution is -2.36. The second-order valence-corrected chi connectivity index (χ2v) is 8.45. The standard InChI is InChI=1S/C23H29NO3/c1-23(2,3)20-10-5-4-9-19(20)16-11-13-24(14-12-16)21(25)17-7-6-8-18(15-17)22(26)27/h4-10,15-16,21,25H,11-14H2,1-3H3,(H,26,27). The summed E-state index contributed by atoms with van der Waals surface area (Å²) < 4.78 is 0. The Labute approximate surface area is 161 Å². The van der Waals surface area contributed by atoms with Gasteiger partial charge in [0.15, 0.2) is 0 Å². The van der Waals surface area contributed by atoms with Crippen LogP contribution in [0.2, 0.25) is 0 Å². The van der Waals surface area contributed by atoms with E-state index >= 15 is 0 Å². The van der Waals surface area contributed by atoms with Gasteiger partial charge >= 0.3 is 5.97 Å². The molecule has 3 rings (SSSR count). The van der Waals surface area contributed by atoms with Gasteiger partial charge in [0, 0.05) is 13.1 Å². The molecule has 1 aliphatic rings. The van der Waals surface area contributed by atoms with Crippen LogP contribution in [0.1, 0.15) is 72.8 Å². The predicted octanol–water partition coefficient (Wildman–Crippen LogP) is 4.55. The molecule has 0 aliphatic carbocycles. The summed E-state index contributed by atoms with van der Waals surface area (Å²) >= 11 is 0. The maximum absolute atomic E-state index is 11.2. The SMILES string of the molecule is CC(C)(C)c1ccccc1C1CCN(C(O)c2cccc(C(=O)O)c2)CC1. The number of carbonyl (C=O) groups is 1. The van der Waals surface area contributed by atoms with Crippen molar-refractivity contribution in [2.45, 2.75) is 51.2 Å². The summed E-state index contributed by atoms with van der Waals surface area (Å²) in [6, 6.07) is 15.3. The number of likely N-dealkylation sites (tertiary alicyclic amines) is 1. The Morgan fingerprint density at radius 1 is 1.07 bits per heavy atom. The minimum atomic E-state index is -0.971. The van der Waals surface area contributed by atoms with Gasteiger partial charge in [0.1, 0.15) is 6.23 Å². The fraction of sp³-hybridized carbons (Fsp3) is 0.435. The molecule has 4 heteroatoms. The van der Waals surface area contributed by atoms with E-state index in [4.69, 9.17) is 5.11 Å². The maximum atomic E-state index is 11.2. The van der Waals surface area contributed by atoms with Crippen LogP contribution in [0, 0.1) is 0 Å². The molecule has 1 atom stereocenters. The summed E-state index contributed by atoms with van der Waals surface area (Å²) in [6.45, 7) is 8.34. The summed E-state index contributed by atoms with van der Waals surface area (Å²) in [5, 5.41) is 19.9. The molecule has 1 aliphatic heterocycles. The van der Waals surface area contributed by atoms with Crippen LogP contribution in [-0.2, 0) is 5.41 Å². The molecule has 2 aromatic rings. The molecule has 1 fully saturated rings. The number of carboxylic acids is 1. The first kappa shape index (κ1) is 19.6. The van der Waals surface area contributed by atoms with Crippen LogP contribution in [0.25, 0.3) is 0 Å². The van der Waals surface area contributed by atoms with Gasteiger partial charge in [-0.25, -0.2) is 4.79 Å². The zero-order valence-corrected chi connectivity index (χ0v) is 16.4. The van der Waals surface area contributed by atoms with Crippen LogP contribution in [-0.4, -0.2) is 34.2 Å². The summed E-state index contributed by atoms with van der Waals surface area (Å²) in [4.78, 5) is 13.2. The Balaban J connectivity index is 1.71. The molecule has 0 aromatic heterocycles. The van der Waals surface area contributed by atoms with E-state index in [-0.39, 0.29) is 11.0 Å². The largest absolute Gasteiger partial charge is 0.478 e. The first-order valence-corrected chi connectivity index (χ1v) is 9.62. The lowest BCUT2D eigenvalue weighted by Gasteiger charge is -2.37. The molecule has 0 radical (unpaired) electrons. The number of aromatic carboxylic acids is 1. The van der Waals surface area contributed by atoms with Crippen molar-refractivity contribution in [2.24, 2.45) is 0 Å². The van der Waals surface area contributed by atoms with E-state index in [0.29, 0.717) is 11.5 Å². The Hall–Kier alpha value is -2.17. The molecule has 144 valence electrons. The van der Waals surface area contributed by atoms with Crippen LogP contribution in [0.5, 0.6) is 0 Å². The number of carboxylic acid groups (broad SMARTS) is 1. The monoisotopic (exact) mass is 367 g/mol. The molecule has 0 spiro atoms. The van der Waals surface area contributed by atoms with Crippen LogP contribution in [0.4, 0.5) is 0 Å². The zero-order chi connectivity index (χ0) is 19.6. The Bertz CT molecular complexity index is 801. The highest BCUT2D eigenvalue weighted by Crippen LogP contribution is 2.37. The number of aliphatic hydroxyl groups excluding tert-OH is 1. The smallest absolute Gasteiger partial charge is 0.335 e. The van der Waals surface area contributed by atoms with Gasteiger partial charge in [0.05, 0.1) is 5.56 Å². The van der Waals surface area contributed by atoms with Gasteiger partial charge in [-0.2, -0.15) is 0 Å². The average Bonchev–Trinajstić information content (AvgIpc) is 2.67. The Morgan fingerprint density at radius 2 is 1.74 bits per heavy atom. The average molecular weight is 367 g/mol. The van der Waals surface area contributed by atoms with Crippen molar-refractivity contribution >= 4 is 5.97 Å². The van der Waals surface area contributed by atoms with Crippen molar-refractivity contribution in [3.05, 3.63) is 70.8 Å². The molecular formula is C23H29NO3. The molecule has 27 heavy (non-hydrogen) atoms. The number of aliphatic hydroxyl groups is 1. The molecule has 0 amide bonds. The van der Waals surface area contributed by atoms with Crippen molar-refractivity contribution in [1.29, 1.82) is 0 Å². The zero-order valence-electron chi connectivity index (χ0n) is 16.4. The molecule has 1 heterocycles. The van der Waals surface area contributed by atoms with E-state index in [1.54, 1.807) is 24.3 Å². The molecule has 1 unspecified atom stereocenters. The molecular weight excluding hydrogens is 338 g/mol. The summed E-state index contributed by atoms with van der Waals surface area (Å²) in [7, 11) is 0. The van der Waals surface area contributed by atoms with Gasteiger partial charge in [-0.1, -0.05) is 57.2 Å². The van der Waals surface area contributed by atoms with Gasteiger partial charge < -0.3 is 10.2 Å². The number of hydrogen-bond donors (Lipinski definition) is 2. The lowest BCUT2D eigenvalue weighted by atomic mass is 9.77. The van der Waals surface area contributed by atoms with E-state index in [9.17, 15) is 9.90 Å². The third-order valence-electron chi connectivity index (χ3n) is 5.52. The normalized spacial score (nSPS) is 17.6. The second kappa shape index (κ2) is 7.83. The van der Waals surface area contributed by atoms with Crippen LogP contribution in [0.15, 0.2) is 48.5 Å². The first-order valence-electron chi connectivity index (χ1n) is 9.62. The van der Waals surface area contributed by atoms with E-state index < -0.39 is 12.2 Å². The fourth-order valence-electron chi connectivity index (χ4n) is 4.03. The third kappa shape index (κ3) is 4.40.